The molecule has 2 aromatic rings. The van der Waals surface area contributed by atoms with E-state index in [1.165, 1.54) is 43.0 Å². The number of carboxylic acid groups (broad SMARTS) is 1. The minimum Gasteiger partial charge on any atom is -0.488 e. The van der Waals surface area contributed by atoms with Crippen molar-refractivity contribution in [2.75, 3.05) is 16.4 Å². The zero-order valence-corrected chi connectivity index (χ0v) is 20.3. The van der Waals surface area contributed by atoms with E-state index in [9.17, 15) is 27.2 Å². The fraction of sp³-hybridized carbons (Fsp3) is 0.333. The van der Waals surface area contributed by atoms with E-state index in [0.29, 0.717) is 18.9 Å². The molecule has 0 atom stereocenters. The number of alkyl halides is 3. The summed E-state index contributed by atoms with van der Waals surface area (Å²) in [6.45, 7) is 2.91. The van der Waals surface area contributed by atoms with Gasteiger partial charge in [-0.25, -0.2) is 9.18 Å². The highest BCUT2D eigenvalue weighted by Gasteiger charge is 2.51. The average Bonchev–Trinajstić information content (AvgIpc) is 3.52. The Kier molecular flexibility index (Phi) is 6.28. The zero-order chi connectivity index (χ0) is 27.3. The van der Waals surface area contributed by atoms with Crippen LogP contribution in [0, 0.1) is 17.1 Å². The summed E-state index contributed by atoms with van der Waals surface area (Å²) in [5, 5.41) is 20.1. The van der Waals surface area contributed by atoms with Gasteiger partial charge in [0, 0.05) is 11.8 Å². The second-order valence-electron chi connectivity index (χ2n) is 9.27. The van der Waals surface area contributed by atoms with E-state index in [-0.39, 0.29) is 28.8 Å². The highest BCUT2D eigenvalue weighted by Crippen LogP contribution is 2.41. The first-order valence-electron chi connectivity index (χ1n) is 10.9. The summed E-state index contributed by atoms with van der Waals surface area (Å²) < 4.78 is 60.9. The molecule has 1 saturated heterocycles. The summed E-state index contributed by atoms with van der Waals surface area (Å²) in [7, 11) is 0. The number of ether oxygens (including phenoxy) is 1. The number of hydrogen-bond acceptors (Lipinski definition) is 5. The molecule has 0 spiro atoms. The molecule has 1 aliphatic heterocycles. The Morgan fingerprint density at radius 2 is 1.86 bits per heavy atom. The number of anilines is 2. The van der Waals surface area contributed by atoms with Crippen molar-refractivity contribution in [3.8, 4) is 11.8 Å². The minimum absolute atomic E-state index is 0.0737. The summed E-state index contributed by atoms with van der Waals surface area (Å²) in [6, 6.07) is 8.13. The maximum atomic E-state index is 14.9. The SMILES string of the molecule is CC1(C)C(=O)N(c2ccc(C#N)c(C(F)(F)F)c2)C(=S)N1c1ccc(OCC2(NC(=O)O)CC2)c(F)c1. The van der Waals surface area contributed by atoms with Gasteiger partial charge in [-0.1, -0.05) is 0 Å². The molecule has 1 aliphatic carbocycles. The molecule has 13 heteroatoms. The number of rotatable bonds is 6. The predicted molar refractivity (Wildman–Crippen MR) is 128 cm³/mol. The third-order valence-electron chi connectivity index (χ3n) is 6.26. The van der Waals surface area contributed by atoms with Gasteiger partial charge in [-0.3, -0.25) is 9.69 Å². The van der Waals surface area contributed by atoms with E-state index >= 15 is 0 Å². The summed E-state index contributed by atoms with van der Waals surface area (Å²) in [5.41, 5.74) is -3.99. The average molecular weight is 537 g/mol. The normalized spacial score (nSPS) is 18.0. The molecule has 4 rings (SSSR count). The molecule has 2 aliphatic rings. The van der Waals surface area contributed by atoms with Crippen LogP contribution in [-0.2, 0) is 11.0 Å². The Labute approximate surface area is 214 Å². The molecule has 0 aromatic heterocycles. The molecule has 1 saturated carbocycles. The number of carbonyl (C=O) groups excluding carboxylic acids is 1. The van der Waals surface area contributed by atoms with E-state index in [0.717, 1.165) is 17.0 Å². The van der Waals surface area contributed by atoms with Gasteiger partial charge in [-0.2, -0.15) is 18.4 Å². The van der Waals surface area contributed by atoms with Crippen LogP contribution in [0.15, 0.2) is 36.4 Å². The van der Waals surface area contributed by atoms with Crippen molar-refractivity contribution in [3.05, 3.63) is 53.3 Å². The Balaban J connectivity index is 1.62. The molecule has 1 heterocycles. The molecule has 0 radical (unpaired) electrons. The lowest BCUT2D eigenvalue weighted by atomic mass is 10.0. The molecular formula is C24H20F4N4O4S. The molecule has 8 nitrogen and oxygen atoms in total. The molecule has 194 valence electrons. The molecule has 2 N–H and O–H groups in total. The number of halogens is 4. The predicted octanol–water partition coefficient (Wildman–Crippen LogP) is 4.81. The van der Waals surface area contributed by atoms with Gasteiger partial charge in [-0.05, 0) is 69.2 Å². The lowest BCUT2D eigenvalue weighted by Gasteiger charge is -2.29. The Bertz CT molecular complexity index is 1350. The standard InChI is InChI=1S/C24H20F4N4O4S/c1-22(2)19(33)31(14-4-3-13(11-29)16(9-14)24(26,27)28)21(37)32(22)15-5-6-18(17(25)10-15)36-12-23(7-8-23)30-20(34)35/h3-6,9-10,30H,7-8,12H2,1-2H3,(H,34,35). The Hall–Kier alpha value is -3.92. The first-order chi connectivity index (χ1) is 17.2. The number of nitrogens with one attached hydrogen (secondary N) is 1. The van der Waals surface area contributed by atoms with Gasteiger partial charge < -0.3 is 20.1 Å². The molecule has 2 amide bonds. The first-order valence-corrected chi connectivity index (χ1v) is 11.3. The molecule has 2 aromatic carbocycles. The van der Waals surface area contributed by atoms with Crippen LogP contribution in [0.3, 0.4) is 0 Å². The number of nitrogens with zero attached hydrogens (tertiary/aromatic N) is 3. The summed E-state index contributed by atoms with van der Waals surface area (Å²) in [6.07, 6.45) is -4.93. The Morgan fingerprint density at radius 3 is 2.41 bits per heavy atom. The first kappa shape index (κ1) is 26.2. The lowest BCUT2D eigenvalue weighted by molar-refractivity contribution is -0.137. The minimum atomic E-state index is -4.83. The monoisotopic (exact) mass is 536 g/mol. The van der Waals surface area contributed by atoms with Crippen molar-refractivity contribution >= 4 is 40.7 Å². The number of nitriles is 1. The zero-order valence-electron chi connectivity index (χ0n) is 19.5. The summed E-state index contributed by atoms with van der Waals surface area (Å²) in [5.74, 6) is -1.59. The van der Waals surface area contributed by atoms with Crippen LogP contribution in [0.25, 0.3) is 0 Å². The number of thiocarbonyl (C=S) groups is 1. The quantitative estimate of drug-likeness (QED) is 0.403. The third-order valence-corrected chi connectivity index (χ3v) is 6.62. The van der Waals surface area contributed by atoms with Gasteiger partial charge in [0.2, 0.25) is 0 Å². The van der Waals surface area contributed by atoms with Crippen molar-refractivity contribution < 1.29 is 37.0 Å². The highest BCUT2D eigenvalue weighted by molar-refractivity contribution is 7.81. The van der Waals surface area contributed by atoms with Crippen LogP contribution in [0.1, 0.15) is 37.8 Å². The van der Waals surface area contributed by atoms with E-state index < -0.39 is 46.2 Å². The molecule has 2 fully saturated rings. The van der Waals surface area contributed by atoms with Crippen LogP contribution in [0.2, 0.25) is 0 Å². The Morgan fingerprint density at radius 1 is 1.22 bits per heavy atom. The molecule has 0 unspecified atom stereocenters. The maximum Gasteiger partial charge on any atom is 0.417 e. The van der Waals surface area contributed by atoms with Crippen molar-refractivity contribution in [3.63, 3.8) is 0 Å². The third kappa shape index (κ3) is 4.76. The fourth-order valence-corrected chi connectivity index (χ4v) is 4.63. The van der Waals surface area contributed by atoms with Crippen LogP contribution in [0.4, 0.5) is 33.7 Å². The van der Waals surface area contributed by atoms with E-state index in [1.54, 1.807) is 0 Å². The smallest absolute Gasteiger partial charge is 0.417 e. The van der Waals surface area contributed by atoms with E-state index in [2.05, 4.69) is 5.32 Å². The largest absolute Gasteiger partial charge is 0.488 e. The number of benzene rings is 2. The highest BCUT2D eigenvalue weighted by atomic mass is 32.1. The molecular weight excluding hydrogens is 516 g/mol. The molecule has 37 heavy (non-hydrogen) atoms. The van der Waals surface area contributed by atoms with E-state index in [4.69, 9.17) is 27.3 Å². The van der Waals surface area contributed by atoms with Crippen molar-refractivity contribution in [2.24, 2.45) is 0 Å². The summed E-state index contributed by atoms with van der Waals surface area (Å²) in [4.78, 5) is 26.4. The van der Waals surface area contributed by atoms with Gasteiger partial charge in [-0.15, -0.1) is 0 Å². The van der Waals surface area contributed by atoms with Crippen LogP contribution in [0.5, 0.6) is 5.75 Å². The van der Waals surface area contributed by atoms with Crippen LogP contribution in [-0.4, -0.2) is 39.9 Å². The van der Waals surface area contributed by atoms with Crippen molar-refractivity contribution in [1.29, 1.82) is 5.26 Å². The topological polar surface area (TPSA) is 106 Å². The van der Waals surface area contributed by atoms with Gasteiger partial charge in [0.05, 0.1) is 28.4 Å². The van der Waals surface area contributed by atoms with Crippen molar-refractivity contribution in [2.45, 2.75) is 43.9 Å². The van der Waals surface area contributed by atoms with Gasteiger partial charge in [0.25, 0.3) is 5.91 Å². The van der Waals surface area contributed by atoms with Crippen LogP contribution >= 0.6 is 12.2 Å². The fourth-order valence-electron chi connectivity index (χ4n) is 4.10. The molecule has 0 bridgehead atoms. The van der Waals surface area contributed by atoms with Crippen LogP contribution < -0.4 is 19.9 Å². The second kappa shape index (κ2) is 8.88. The maximum absolute atomic E-state index is 14.9. The summed E-state index contributed by atoms with van der Waals surface area (Å²) >= 11 is 5.44. The van der Waals surface area contributed by atoms with Gasteiger partial charge >= 0.3 is 12.3 Å². The van der Waals surface area contributed by atoms with Gasteiger partial charge in [0.15, 0.2) is 16.7 Å². The van der Waals surface area contributed by atoms with E-state index in [1.807, 2.05) is 0 Å². The number of amides is 2. The second-order valence-corrected chi connectivity index (χ2v) is 9.64. The van der Waals surface area contributed by atoms with Gasteiger partial charge in [0.1, 0.15) is 12.1 Å². The van der Waals surface area contributed by atoms with Crippen molar-refractivity contribution in [1.82, 2.24) is 5.32 Å². The number of carbonyl (C=O) groups is 2. The number of hydrogen-bond donors (Lipinski definition) is 2. The lowest BCUT2D eigenvalue weighted by Crippen LogP contribution is -2.44.